The minimum absolute atomic E-state index is 0.250. The lowest BCUT2D eigenvalue weighted by molar-refractivity contribution is 0.0695. The van der Waals surface area contributed by atoms with Crippen molar-refractivity contribution in [2.45, 2.75) is 26.3 Å². The van der Waals surface area contributed by atoms with E-state index in [4.69, 9.17) is 11.6 Å². The van der Waals surface area contributed by atoms with Gasteiger partial charge in [0.1, 0.15) is 0 Å². The Hall–Kier alpha value is -2.40. The summed E-state index contributed by atoms with van der Waals surface area (Å²) in [5.74, 6) is -0.960. The van der Waals surface area contributed by atoms with E-state index < -0.39 is 5.97 Å². The number of benzene rings is 1. The van der Waals surface area contributed by atoms with E-state index in [-0.39, 0.29) is 5.56 Å². The van der Waals surface area contributed by atoms with Crippen LogP contribution in [-0.4, -0.2) is 25.8 Å². The van der Waals surface area contributed by atoms with Crippen LogP contribution in [0.3, 0.4) is 0 Å². The summed E-state index contributed by atoms with van der Waals surface area (Å²) in [7, 11) is 0. The number of hydrogen-bond donors (Lipinski definition) is 1. The van der Waals surface area contributed by atoms with Crippen LogP contribution in [0.1, 0.15) is 35.0 Å². The van der Waals surface area contributed by atoms with Crippen molar-refractivity contribution in [3.05, 3.63) is 58.5 Å². The maximum atomic E-state index is 11.4. The summed E-state index contributed by atoms with van der Waals surface area (Å²) in [4.78, 5) is 15.4. The van der Waals surface area contributed by atoms with Gasteiger partial charge in [-0.25, -0.2) is 4.79 Å². The maximum Gasteiger partial charge on any atom is 0.336 e. The molecule has 5 nitrogen and oxygen atoms in total. The molecule has 0 saturated heterocycles. The van der Waals surface area contributed by atoms with Gasteiger partial charge in [0.05, 0.1) is 16.8 Å². The van der Waals surface area contributed by atoms with E-state index in [0.29, 0.717) is 17.0 Å². The van der Waals surface area contributed by atoms with Gasteiger partial charge in [0, 0.05) is 35.8 Å². The number of aromatic nitrogens is 3. The lowest BCUT2D eigenvalue weighted by Crippen LogP contribution is -2.05. The van der Waals surface area contributed by atoms with E-state index in [2.05, 4.69) is 17.0 Å². The smallest absolute Gasteiger partial charge is 0.336 e. The van der Waals surface area contributed by atoms with Gasteiger partial charge >= 0.3 is 5.97 Å². The number of carboxylic acid groups (broad SMARTS) is 1. The molecule has 6 heteroatoms. The van der Waals surface area contributed by atoms with Gasteiger partial charge in [0.2, 0.25) is 0 Å². The largest absolute Gasteiger partial charge is 0.478 e. The molecule has 3 aromatic rings. The molecule has 23 heavy (non-hydrogen) atoms. The molecular weight excluding hydrogens is 314 g/mol. The summed E-state index contributed by atoms with van der Waals surface area (Å²) < 4.78 is 1.94. The van der Waals surface area contributed by atoms with Crippen LogP contribution < -0.4 is 0 Å². The minimum atomic E-state index is -0.960. The van der Waals surface area contributed by atoms with E-state index in [1.54, 1.807) is 6.20 Å². The summed E-state index contributed by atoms with van der Waals surface area (Å²) in [6, 6.07) is 7.18. The Morgan fingerprint density at radius 3 is 2.91 bits per heavy atom. The van der Waals surface area contributed by atoms with Crippen molar-refractivity contribution in [1.29, 1.82) is 0 Å². The third kappa shape index (κ3) is 3.05. The Morgan fingerprint density at radius 2 is 2.17 bits per heavy atom. The molecular formula is C17H16ClN3O2. The monoisotopic (exact) mass is 329 g/mol. The van der Waals surface area contributed by atoms with E-state index in [9.17, 15) is 9.90 Å². The SMILES string of the molecule is CCCn1nc(Cc2cnccc2C(=O)O)c2cc(Cl)ccc21. The van der Waals surface area contributed by atoms with Crippen LogP contribution in [0.15, 0.2) is 36.7 Å². The second-order valence-electron chi connectivity index (χ2n) is 5.35. The van der Waals surface area contributed by atoms with E-state index in [1.165, 1.54) is 12.3 Å². The normalized spacial score (nSPS) is 11.0. The molecule has 1 N–H and O–H groups in total. The van der Waals surface area contributed by atoms with Crippen molar-refractivity contribution in [3.63, 3.8) is 0 Å². The Balaban J connectivity index is 2.10. The average Bonchev–Trinajstić information content (AvgIpc) is 2.85. The molecule has 0 atom stereocenters. The maximum absolute atomic E-state index is 11.4. The number of carbonyl (C=O) groups is 1. The van der Waals surface area contributed by atoms with Crippen LogP contribution in [0.4, 0.5) is 0 Å². The molecule has 0 aliphatic rings. The van der Waals surface area contributed by atoms with Crippen LogP contribution >= 0.6 is 11.6 Å². The highest BCUT2D eigenvalue weighted by atomic mass is 35.5. The van der Waals surface area contributed by atoms with E-state index in [1.807, 2.05) is 22.9 Å². The average molecular weight is 330 g/mol. The van der Waals surface area contributed by atoms with Gasteiger partial charge in [-0.1, -0.05) is 18.5 Å². The number of rotatable bonds is 5. The molecule has 1 aromatic carbocycles. The van der Waals surface area contributed by atoms with E-state index in [0.717, 1.165) is 29.6 Å². The van der Waals surface area contributed by atoms with Crippen molar-refractivity contribution in [3.8, 4) is 0 Å². The highest BCUT2D eigenvalue weighted by Crippen LogP contribution is 2.25. The summed E-state index contributed by atoms with van der Waals surface area (Å²) >= 11 is 6.12. The highest BCUT2D eigenvalue weighted by molar-refractivity contribution is 6.31. The van der Waals surface area contributed by atoms with Gasteiger partial charge < -0.3 is 5.11 Å². The molecule has 0 bridgehead atoms. The van der Waals surface area contributed by atoms with Crippen molar-refractivity contribution in [2.24, 2.45) is 0 Å². The van der Waals surface area contributed by atoms with E-state index >= 15 is 0 Å². The molecule has 2 heterocycles. The van der Waals surface area contributed by atoms with Gasteiger partial charge in [0.25, 0.3) is 0 Å². The first kappa shape index (κ1) is 15.5. The lowest BCUT2D eigenvalue weighted by atomic mass is 10.0. The number of halogens is 1. The fourth-order valence-electron chi connectivity index (χ4n) is 2.69. The predicted octanol–water partition coefficient (Wildman–Crippen LogP) is 3.78. The summed E-state index contributed by atoms with van der Waals surface area (Å²) in [6.07, 6.45) is 4.44. The fourth-order valence-corrected chi connectivity index (χ4v) is 2.86. The molecule has 0 aliphatic carbocycles. The standard InChI is InChI=1S/C17H16ClN3O2/c1-2-7-21-16-4-3-12(18)9-14(16)15(20-21)8-11-10-19-6-5-13(11)17(22)23/h3-6,9-10H,2,7-8H2,1H3,(H,22,23). The van der Waals surface area contributed by atoms with Gasteiger partial charge in [-0.3, -0.25) is 9.67 Å². The number of nitrogens with zero attached hydrogens (tertiary/aromatic N) is 3. The molecule has 0 amide bonds. The first-order chi connectivity index (χ1) is 11.1. The molecule has 0 radical (unpaired) electrons. The molecule has 0 aliphatic heterocycles. The number of hydrogen-bond acceptors (Lipinski definition) is 3. The topological polar surface area (TPSA) is 68.0 Å². The molecule has 0 spiro atoms. The van der Waals surface area contributed by atoms with Crippen molar-refractivity contribution in [2.75, 3.05) is 0 Å². The van der Waals surface area contributed by atoms with Gasteiger partial charge in [-0.15, -0.1) is 0 Å². The second kappa shape index (κ2) is 6.38. The van der Waals surface area contributed by atoms with Gasteiger partial charge in [-0.05, 0) is 36.2 Å². The number of carboxylic acids is 1. The molecule has 0 unspecified atom stereocenters. The Labute approximate surface area is 138 Å². The summed E-state index contributed by atoms with van der Waals surface area (Å²) in [6.45, 7) is 2.89. The molecule has 3 rings (SSSR count). The highest BCUT2D eigenvalue weighted by Gasteiger charge is 2.15. The van der Waals surface area contributed by atoms with Crippen LogP contribution in [0, 0.1) is 0 Å². The van der Waals surface area contributed by atoms with Crippen LogP contribution in [0.2, 0.25) is 5.02 Å². The summed E-state index contributed by atoms with van der Waals surface area (Å²) in [5.41, 5.74) is 2.71. The first-order valence-electron chi connectivity index (χ1n) is 7.41. The number of fused-ring (bicyclic) bond motifs is 1. The fraction of sp³-hybridized carbons (Fsp3) is 0.235. The molecule has 0 saturated carbocycles. The van der Waals surface area contributed by atoms with Gasteiger partial charge in [0.15, 0.2) is 0 Å². The zero-order valence-corrected chi connectivity index (χ0v) is 13.4. The summed E-state index contributed by atoms with van der Waals surface area (Å²) in [5, 5.41) is 15.6. The Bertz CT molecular complexity index is 873. The van der Waals surface area contributed by atoms with Crippen molar-refractivity contribution in [1.82, 2.24) is 14.8 Å². The number of aromatic carboxylic acids is 1. The quantitative estimate of drug-likeness (QED) is 0.773. The van der Waals surface area contributed by atoms with Crippen LogP contribution in [0.5, 0.6) is 0 Å². The number of pyridine rings is 1. The molecule has 2 aromatic heterocycles. The minimum Gasteiger partial charge on any atom is -0.478 e. The van der Waals surface area contributed by atoms with Crippen molar-refractivity contribution >= 4 is 28.5 Å². The Morgan fingerprint density at radius 1 is 1.35 bits per heavy atom. The van der Waals surface area contributed by atoms with Crippen LogP contribution in [0.25, 0.3) is 10.9 Å². The molecule has 0 fully saturated rings. The third-order valence-corrected chi connectivity index (χ3v) is 3.95. The van der Waals surface area contributed by atoms with Crippen LogP contribution in [-0.2, 0) is 13.0 Å². The zero-order valence-electron chi connectivity index (χ0n) is 12.7. The third-order valence-electron chi connectivity index (χ3n) is 3.72. The first-order valence-corrected chi connectivity index (χ1v) is 7.79. The number of aryl methyl sites for hydroxylation is 1. The molecule has 118 valence electrons. The predicted molar refractivity (Wildman–Crippen MR) is 89.0 cm³/mol. The zero-order chi connectivity index (χ0) is 16.4. The lowest BCUT2D eigenvalue weighted by Gasteiger charge is -2.03. The Kier molecular flexibility index (Phi) is 4.30. The second-order valence-corrected chi connectivity index (χ2v) is 5.78. The van der Waals surface area contributed by atoms with Gasteiger partial charge in [-0.2, -0.15) is 5.10 Å². The van der Waals surface area contributed by atoms with Crippen molar-refractivity contribution < 1.29 is 9.90 Å².